The average Bonchev–Trinajstić information content (AvgIpc) is 3.10. The van der Waals surface area contributed by atoms with E-state index in [-0.39, 0.29) is 0 Å². The van der Waals surface area contributed by atoms with Crippen LogP contribution >= 0.6 is 22.9 Å². The summed E-state index contributed by atoms with van der Waals surface area (Å²) in [6, 6.07) is 2.82. The van der Waals surface area contributed by atoms with E-state index >= 15 is 0 Å². The van der Waals surface area contributed by atoms with Gasteiger partial charge in [-0.25, -0.2) is 0 Å². The number of rotatable bonds is 7. The molecule has 0 aromatic carbocycles. The van der Waals surface area contributed by atoms with Crippen molar-refractivity contribution in [2.45, 2.75) is 52.0 Å². The standard InChI is InChI=1S/C14H22ClNS/c1-3-14(4-2,10-16-11-5-6-11)9-13-12(15)7-8-17-13/h7-8,11,16H,3-6,9-10H2,1-2H3. The van der Waals surface area contributed by atoms with Gasteiger partial charge in [-0.1, -0.05) is 25.4 Å². The molecule has 1 aromatic rings. The maximum absolute atomic E-state index is 6.22. The largest absolute Gasteiger partial charge is 0.313 e. The van der Waals surface area contributed by atoms with E-state index in [0.29, 0.717) is 5.41 Å². The van der Waals surface area contributed by atoms with Gasteiger partial charge in [0.25, 0.3) is 0 Å². The Kier molecular flexibility index (Phi) is 4.51. The Balaban J connectivity index is 2.01. The van der Waals surface area contributed by atoms with Gasteiger partial charge in [-0.05, 0) is 49.0 Å². The first kappa shape index (κ1) is 13.4. The first-order valence-electron chi connectivity index (χ1n) is 6.64. The molecule has 1 nitrogen and oxygen atoms in total. The summed E-state index contributed by atoms with van der Waals surface area (Å²) >= 11 is 8.02. The molecule has 0 spiro atoms. The van der Waals surface area contributed by atoms with Crippen LogP contribution < -0.4 is 5.32 Å². The molecule has 3 heteroatoms. The van der Waals surface area contributed by atoms with Crippen molar-refractivity contribution >= 4 is 22.9 Å². The fourth-order valence-corrected chi connectivity index (χ4v) is 3.53. The van der Waals surface area contributed by atoms with Gasteiger partial charge in [0, 0.05) is 17.5 Å². The van der Waals surface area contributed by atoms with Crippen molar-refractivity contribution < 1.29 is 0 Å². The van der Waals surface area contributed by atoms with Gasteiger partial charge < -0.3 is 5.32 Å². The second-order valence-corrected chi connectivity index (χ2v) is 6.64. The predicted octanol–water partition coefficient (Wildman–Crippen LogP) is 4.50. The molecule has 1 N–H and O–H groups in total. The fourth-order valence-electron chi connectivity index (χ4n) is 2.25. The van der Waals surface area contributed by atoms with E-state index < -0.39 is 0 Å². The van der Waals surface area contributed by atoms with E-state index in [9.17, 15) is 0 Å². The lowest BCUT2D eigenvalue weighted by Crippen LogP contribution is -2.36. The lowest BCUT2D eigenvalue weighted by molar-refractivity contribution is 0.247. The molecule has 2 rings (SSSR count). The molecule has 0 saturated heterocycles. The van der Waals surface area contributed by atoms with Gasteiger partial charge in [0.15, 0.2) is 0 Å². The van der Waals surface area contributed by atoms with Crippen LogP contribution in [-0.4, -0.2) is 12.6 Å². The average molecular weight is 272 g/mol. The molecule has 1 saturated carbocycles. The highest BCUT2D eigenvalue weighted by Gasteiger charge is 2.30. The summed E-state index contributed by atoms with van der Waals surface area (Å²) in [5.74, 6) is 0. The summed E-state index contributed by atoms with van der Waals surface area (Å²) in [4.78, 5) is 1.35. The molecule has 96 valence electrons. The lowest BCUT2D eigenvalue weighted by atomic mass is 9.78. The summed E-state index contributed by atoms with van der Waals surface area (Å²) in [7, 11) is 0. The molecule has 0 aliphatic heterocycles. The van der Waals surface area contributed by atoms with Gasteiger partial charge in [-0.3, -0.25) is 0 Å². The SMILES string of the molecule is CCC(CC)(CNC1CC1)Cc1sccc1Cl. The molecule has 0 bridgehead atoms. The molecule has 0 atom stereocenters. The minimum Gasteiger partial charge on any atom is -0.313 e. The van der Waals surface area contributed by atoms with Gasteiger partial charge >= 0.3 is 0 Å². The zero-order valence-electron chi connectivity index (χ0n) is 10.8. The summed E-state index contributed by atoms with van der Waals surface area (Å²) in [6.45, 7) is 5.75. The Morgan fingerprint density at radius 2 is 2.12 bits per heavy atom. The smallest absolute Gasteiger partial charge is 0.0545 e. The minimum atomic E-state index is 0.386. The van der Waals surface area contributed by atoms with E-state index in [1.807, 2.05) is 6.07 Å². The molecule has 1 aromatic heterocycles. The summed E-state index contributed by atoms with van der Waals surface area (Å²) < 4.78 is 0. The summed E-state index contributed by atoms with van der Waals surface area (Å²) in [5.41, 5.74) is 0.386. The van der Waals surface area contributed by atoms with Crippen molar-refractivity contribution in [1.82, 2.24) is 5.32 Å². The topological polar surface area (TPSA) is 12.0 Å². The summed E-state index contributed by atoms with van der Waals surface area (Å²) in [6.07, 6.45) is 6.29. The van der Waals surface area contributed by atoms with Crippen molar-refractivity contribution in [3.8, 4) is 0 Å². The zero-order valence-corrected chi connectivity index (χ0v) is 12.3. The van der Waals surface area contributed by atoms with Crippen LogP contribution in [0.4, 0.5) is 0 Å². The third kappa shape index (κ3) is 3.46. The highest BCUT2D eigenvalue weighted by atomic mass is 35.5. The molecule has 1 aliphatic rings. The Hall–Kier alpha value is -0.0500. The molecule has 1 fully saturated rings. The van der Waals surface area contributed by atoms with Gasteiger partial charge in [0.2, 0.25) is 0 Å². The summed E-state index contributed by atoms with van der Waals surface area (Å²) in [5, 5.41) is 6.74. The molecule has 0 unspecified atom stereocenters. The normalized spacial score (nSPS) is 16.4. The molecule has 0 amide bonds. The second kappa shape index (κ2) is 5.73. The molecule has 1 aliphatic carbocycles. The van der Waals surface area contributed by atoms with Crippen molar-refractivity contribution in [2.24, 2.45) is 5.41 Å². The maximum atomic E-state index is 6.22. The van der Waals surface area contributed by atoms with Crippen LogP contribution in [0.15, 0.2) is 11.4 Å². The van der Waals surface area contributed by atoms with E-state index in [0.717, 1.165) is 24.0 Å². The van der Waals surface area contributed by atoms with E-state index in [2.05, 4.69) is 24.5 Å². The second-order valence-electron chi connectivity index (χ2n) is 5.23. The van der Waals surface area contributed by atoms with Crippen molar-refractivity contribution in [1.29, 1.82) is 0 Å². The number of halogens is 1. The fraction of sp³-hybridized carbons (Fsp3) is 0.714. The van der Waals surface area contributed by atoms with E-state index in [1.54, 1.807) is 11.3 Å². The van der Waals surface area contributed by atoms with Gasteiger partial charge in [-0.15, -0.1) is 11.3 Å². The Labute approximate surface area is 114 Å². The minimum absolute atomic E-state index is 0.386. The lowest BCUT2D eigenvalue weighted by Gasteiger charge is -2.32. The van der Waals surface area contributed by atoms with Crippen LogP contribution in [0.3, 0.4) is 0 Å². The van der Waals surface area contributed by atoms with Crippen LogP contribution in [-0.2, 0) is 6.42 Å². The highest BCUT2D eigenvalue weighted by molar-refractivity contribution is 7.10. The van der Waals surface area contributed by atoms with Gasteiger partial charge in [0.05, 0.1) is 5.02 Å². The monoisotopic (exact) mass is 271 g/mol. The number of thiophene rings is 1. The molecular weight excluding hydrogens is 250 g/mol. The van der Waals surface area contributed by atoms with Crippen LogP contribution in [0.1, 0.15) is 44.4 Å². The van der Waals surface area contributed by atoms with Crippen molar-refractivity contribution in [3.63, 3.8) is 0 Å². The van der Waals surface area contributed by atoms with Crippen LogP contribution in [0.25, 0.3) is 0 Å². The number of hydrogen-bond acceptors (Lipinski definition) is 2. The van der Waals surface area contributed by atoms with E-state index in [4.69, 9.17) is 11.6 Å². The van der Waals surface area contributed by atoms with Crippen molar-refractivity contribution in [2.75, 3.05) is 6.54 Å². The first-order valence-corrected chi connectivity index (χ1v) is 7.90. The Morgan fingerprint density at radius 1 is 1.41 bits per heavy atom. The zero-order chi connectivity index (χ0) is 12.3. The number of nitrogens with one attached hydrogen (secondary N) is 1. The Morgan fingerprint density at radius 3 is 2.59 bits per heavy atom. The van der Waals surface area contributed by atoms with E-state index in [1.165, 1.54) is 30.6 Å². The van der Waals surface area contributed by atoms with Crippen LogP contribution in [0.5, 0.6) is 0 Å². The Bertz CT molecular complexity index is 353. The third-order valence-electron chi connectivity index (χ3n) is 4.07. The number of hydrogen-bond donors (Lipinski definition) is 1. The van der Waals surface area contributed by atoms with Gasteiger partial charge in [-0.2, -0.15) is 0 Å². The van der Waals surface area contributed by atoms with Crippen LogP contribution in [0, 0.1) is 5.41 Å². The first-order chi connectivity index (χ1) is 8.19. The molecule has 0 radical (unpaired) electrons. The third-order valence-corrected chi connectivity index (χ3v) is 5.46. The molecule has 17 heavy (non-hydrogen) atoms. The molecular formula is C14H22ClNS. The highest BCUT2D eigenvalue weighted by Crippen LogP contribution is 2.36. The molecule has 1 heterocycles. The van der Waals surface area contributed by atoms with Crippen molar-refractivity contribution in [3.05, 3.63) is 21.3 Å². The maximum Gasteiger partial charge on any atom is 0.0545 e. The van der Waals surface area contributed by atoms with Gasteiger partial charge in [0.1, 0.15) is 0 Å². The van der Waals surface area contributed by atoms with Crippen LogP contribution in [0.2, 0.25) is 5.02 Å². The quantitative estimate of drug-likeness (QED) is 0.770. The predicted molar refractivity (Wildman–Crippen MR) is 77.1 cm³/mol.